The molecule has 106 valence electrons. The summed E-state index contributed by atoms with van der Waals surface area (Å²) in [6.07, 6.45) is 0.502. The Bertz CT molecular complexity index is 779. The van der Waals surface area contributed by atoms with E-state index in [1.165, 1.54) is 11.5 Å². The molecule has 0 aliphatic rings. The lowest BCUT2D eigenvalue weighted by molar-refractivity contribution is 0.593. The molecule has 2 N–H and O–H groups in total. The Balaban J connectivity index is 2.04. The third kappa shape index (κ3) is 2.67. The Labute approximate surface area is 124 Å². The summed E-state index contributed by atoms with van der Waals surface area (Å²) in [6.45, 7) is 2.06. The molecule has 0 aromatic heterocycles. The largest absolute Gasteiger partial charge is 0.324 e. The van der Waals surface area contributed by atoms with Crippen LogP contribution in [0.1, 0.15) is 22.7 Å². The summed E-state index contributed by atoms with van der Waals surface area (Å²) < 4.78 is 13.8. The SMILES string of the molecule is Cc1ccc2ccccc2c1C(N)Cc1ccccc1F. The molecule has 0 amide bonds. The number of halogens is 1. The Hall–Kier alpha value is -2.19. The van der Waals surface area contributed by atoms with Gasteiger partial charge in [0.2, 0.25) is 0 Å². The van der Waals surface area contributed by atoms with Crippen LogP contribution in [-0.4, -0.2) is 0 Å². The van der Waals surface area contributed by atoms with Gasteiger partial charge in [0.15, 0.2) is 0 Å². The lowest BCUT2D eigenvalue weighted by Gasteiger charge is -2.18. The van der Waals surface area contributed by atoms with Gasteiger partial charge in [-0.15, -0.1) is 0 Å². The molecule has 0 heterocycles. The van der Waals surface area contributed by atoms with Crippen molar-refractivity contribution in [2.24, 2.45) is 5.73 Å². The van der Waals surface area contributed by atoms with E-state index < -0.39 is 0 Å². The van der Waals surface area contributed by atoms with Gasteiger partial charge in [0.1, 0.15) is 5.82 Å². The fraction of sp³-hybridized carbons (Fsp3) is 0.158. The first-order chi connectivity index (χ1) is 10.2. The zero-order chi connectivity index (χ0) is 14.8. The van der Waals surface area contributed by atoms with E-state index in [0.29, 0.717) is 12.0 Å². The summed E-state index contributed by atoms with van der Waals surface area (Å²) in [5.41, 5.74) is 9.32. The van der Waals surface area contributed by atoms with Gasteiger partial charge >= 0.3 is 0 Å². The van der Waals surface area contributed by atoms with E-state index in [1.54, 1.807) is 12.1 Å². The molecule has 0 fully saturated rings. The minimum atomic E-state index is -0.215. The molecule has 1 unspecified atom stereocenters. The van der Waals surface area contributed by atoms with Crippen LogP contribution >= 0.6 is 0 Å². The van der Waals surface area contributed by atoms with Gasteiger partial charge in [-0.3, -0.25) is 0 Å². The second kappa shape index (κ2) is 5.66. The maximum Gasteiger partial charge on any atom is 0.126 e. The highest BCUT2D eigenvalue weighted by Gasteiger charge is 2.15. The summed E-state index contributed by atoms with van der Waals surface area (Å²) in [5.74, 6) is -0.189. The van der Waals surface area contributed by atoms with Gasteiger partial charge in [-0.05, 0) is 46.9 Å². The molecule has 0 saturated carbocycles. The molecule has 0 saturated heterocycles. The highest BCUT2D eigenvalue weighted by Crippen LogP contribution is 2.28. The van der Waals surface area contributed by atoms with Crippen molar-refractivity contribution in [1.29, 1.82) is 0 Å². The first kappa shape index (κ1) is 13.8. The van der Waals surface area contributed by atoms with Crippen molar-refractivity contribution < 1.29 is 4.39 Å². The predicted octanol–water partition coefficient (Wildman–Crippen LogP) is 4.53. The van der Waals surface area contributed by atoms with Crippen LogP contribution in [-0.2, 0) is 6.42 Å². The minimum absolute atomic E-state index is 0.189. The van der Waals surface area contributed by atoms with Crippen LogP contribution in [0.15, 0.2) is 60.7 Å². The van der Waals surface area contributed by atoms with Crippen LogP contribution < -0.4 is 5.73 Å². The molecule has 0 aliphatic heterocycles. The van der Waals surface area contributed by atoms with E-state index in [4.69, 9.17) is 5.73 Å². The van der Waals surface area contributed by atoms with Crippen molar-refractivity contribution >= 4 is 10.8 Å². The summed E-state index contributed by atoms with van der Waals surface area (Å²) in [4.78, 5) is 0. The molecule has 0 spiro atoms. The minimum Gasteiger partial charge on any atom is -0.324 e. The number of rotatable bonds is 3. The first-order valence-electron chi connectivity index (χ1n) is 7.14. The van der Waals surface area contributed by atoms with E-state index in [-0.39, 0.29) is 11.9 Å². The van der Waals surface area contributed by atoms with Crippen molar-refractivity contribution in [3.63, 3.8) is 0 Å². The molecular formula is C19H18FN. The predicted molar refractivity (Wildman–Crippen MR) is 85.7 cm³/mol. The van der Waals surface area contributed by atoms with Crippen LogP contribution in [0, 0.1) is 12.7 Å². The topological polar surface area (TPSA) is 26.0 Å². The van der Waals surface area contributed by atoms with Gasteiger partial charge in [0.05, 0.1) is 0 Å². The molecule has 0 radical (unpaired) electrons. The number of aryl methyl sites for hydroxylation is 1. The summed E-state index contributed by atoms with van der Waals surface area (Å²) in [7, 11) is 0. The molecule has 2 heteroatoms. The number of nitrogens with two attached hydrogens (primary N) is 1. The molecule has 3 aromatic carbocycles. The van der Waals surface area contributed by atoms with E-state index >= 15 is 0 Å². The molecular weight excluding hydrogens is 261 g/mol. The fourth-order valence-electron chi connectivity index (χ4n) is 2.90. The number of benzene rings is 3. The maximum atomic E-state index is 13.8. The first-order valence-corrected chi connectivity index (χ1v) is 7.14. The second-order valence-corrected chi connectivity index (χ2v) is 5.42. The standard InChI is InChI=1S/C19H18FN/c1-13-10-11-14-6-2-4-8-16(14)19(13)18(21)12-15-7-3-5-9-17(15)20/h2-11,18H,12,21H2,1H3. The zero-order valence-electron chi connectivity index (χ0n) is 12.0. The zero-order valence-corrected chi connectivity index (χ0v) is 12.0. The van der Waals surface area contributed by atoms with Gasteiger partial charge in [0.25, 0.3) is 0 Å². The smallest absolute Gasteiger partial charge is 0.126 e. The quantitative estimate of drug-likeness (QED) is 0.749. The molecule has 3 aromatic rings. The van der Waals surface area contributed by atoms with Crippen molar-refractivity contribution in [2.45, 2.75) is 19.4 Å². The number of hydrogen-bond donors (Lipinski definition) is 1. The van der Waals surface area contributed by atoms with Crippen molar-refractivity contribution in [1.82, 2.24) is 0 Å². The fourth-order valence-corrected chi connectivity index (χ4v) is 2.90. The summed E-state index contributed by atoms with van der Waals surface area (Å²) >= 11 is 0. The third-order valence-corrected chi connectivity index (χ3v) is 3.96. The highest BCUT2D eigenvalue weighted by molar-refractivity contribution is 5.87. The average molecular weight is 279 g/mol. The van der Waals surface area contributed by atoms with Crippen LogP contribution in [0.4, 0.5) is 4.39 Å². The van der Waals surface area contributed by atoms with Gasteiger partial charge in [-0.25, -0.2) is 4.39 Å². The van der Waals surface area contributed by atoms with Crippen molar-refractivity contribution in [2.75, 3.05) is 0 Å². The maximum absolute atomic E-state index is 13.8. The number of fused-ring (bicyclic) bond motifs is 1. The van der Waals surface area contributed by atoms with Gasteiger partial charge < -0.3 is 5.73 Å². The summed E-state index contributed by atoms with van der Waals surface area (Å²) in [5, 5.41) is 2.32. The van der Waals surface area contributed by atoms with Gasteiger partial charge in [-0.1, -0.05) is 54.6 Å². The molecule has 0 aliphatic carbocycles. The van der Waals surface area contributed by atoms with E-state index in [9.17, 15) is 4.39 Å². The van der Waals surface area contributed by atoms with Crippen LogP contribution in [0.5, 0.6) is 0 Å². The molecule has 1 nitrogen and oxygen atoms in total. The summed E-state index contributed by atoms with van der Waals surface area (Å²) in [6, 6.07) is 19.0. The van der Waals surface area contributed by atoms with E-state index in [1.807, 2.05) is 18.2 Å². The Kier molecular flexibility index (Phi) is 3.72. The highest BCUT2D eigenvalue weighted by atomic mass is 19.1. The van der Waals surface area contributed by atoms with Gasteiger partial charge in [0, 0.05) is 6.04 Å². The second-order valence-electron chi connectivity index (χ2n) is 5.42. The lowest BCUT2D eigenvalue weighted by atomic mass is 9.91. The Morgan fingerprint density at radius 3 is 2.48 bits per heavy atom. The van der Waals surface area contributed by atoms with Crippen LogP contribution in [0.3, 0.4) is 0 Å². The molecule has 1 atom stereocenters. The molecule has 0 bridgehead atoms. The monoisotopic (exact) mass is 279 g/mol. The van der Waals surface area contributed by atoms with Crippen molar-refractivity contribution in [3.8, 4) is 0 Å². The van der Waals surface area contributed by atoms with Crippen molar-refractivity contribution in [3.05, 3.63) is 83.2 Å². The third-order valence-electron chi connectivity index (χ3n) is 3.96. The van der Waals surface area contributed by atoms with Crippen LogP contribution in [0.2, 0.25) is 0 Å². The van der Waals surface area contributed by atoms with E-state index in [2.05, 4.69) is 31.2 Å². The molecule has 3 rings (SSSR count). The Morgan fingerprint density at radius 1 is 0.952 bits per heavy atom. The van der Waals surface area contributed by atoms with Gasteiger partial charge in [-0.2, -0.15) is 0 Å². The molecule has 21 heavy (non-hydrogen) atoms. The van der Waals surface area contributed by atoms with E-state index in [0.717, 1.165) is 16.5 Å². The Morgan fingerprint density at radius 2 is 1.67 bits per heavy atom. The average Bonchev–Trinajstić information content (AvgIpc) is 2.49. The van der Waals surface area contributed by atoms with Crippen LogP contribution in [0.25, 0.3) is 10.8 Å². The normalized spacial score (nSPS) is 12.5. The number of hydrogen-bond acceptors (Lipinski definition) is 1. The lowest BCUT2D eigenvalue weighted by Crippen LogP contribution is -2.16.